The normalized spacial score (nSPS) is 20.3. The van der Waals surface area contributed by atoms with Gasteiger partial charge in [0.25, 0.3) is 5.91 Å². The minimum atomic E-state index is 0.0512. The van der Waals surface area contributed by atoms with Crippen LogP contribution in [0.5, 0.6) is 0 Å². The van der Waals surface area contributed by atoms with E-state index in [0.29, 0.717) is 17.1 Å². The number of rotatable bonds is 1. The second kappa shape index (κ2) is 4.40. The molecule has 1 fully saturated rings. The predicted molar refractivity (Wildman–Crippen MR) is 67.3 cm³/mol. The number of amides is 1. The molecule has 5 heteroatoms. The van der Waals surface area contributed by atoms with Crippen LogP contribution in [0.1, 0.15) is 30.1 Å². The molecule has 3 heterocycles. The monoisotopic (exact) mass is 244 g/mol. The molecule has 0 spiro atoms. The standard InChI is InChI=1S/C13H16N4O/c1-10-4-2-6-16(9-10)13(18)11-8-15-17-7-3-5-14-12(11)17/h3,5,7-8,10H,2,4,6,9H2,1H3/t10-/m0/s1. The molecule has 1 saturated heterocycles. The highest BCUT2D eigenvalue weighted by Crippen LogP contribution is 2.19. The van der Waals surface area contributed by atoms with Crippen molar-refractivity contribution in [3.05, 3.63) is 30.2 Å². The molecule has 1 atom stereocenters. The summed E-state index contributed by atoms with van der Waals surface area (Å²) in [6, 6.07) is 1.80. The molecule has 0 bridgehead atoms. The van der Waals surface area contributed by atoms with Crippen molar-refractivity contribution in [1.29, 1.82) is 0 Å². The third-order valence-corrected chi connectivity index (χ3v) is 3.45. The maximum Gasteiger partial charge on any atom is 0.259 e. The van der Waals surface area contributed by atoms with E-state index in [-0.39, 0.29) is 5.91 Å². The Kier molecular flexibility index (Phi) is 2.74. The highest BCUT2D eigenvalue weighted by atomic mass is 16.2. The molecule has 0 unspecified atom stereocenters. The molecule has 5 nitrogen and oxygen atoms in total. The Hall–Kier alpha value is -1.91. The van der Waals surface area contributed by atoms with Gasteiger partial charge in [-0.2, -0.15) is 5.10 Å². The molecule has 1 amide bonds. The lowest BCUT2D eigenvalue weighted by Crippen LogP contribution is -2.39. The molecule has 0 saturated carbocycles. The van der Waals surface area contributed by atoms with Gasteiger partial charge in [-0.1, -0.05) is 6.92 Å². The van der Waals surface area contributed by atoms with Crippen LogP contribution in [-0.4, -0.2) is 38.5 Å². The maximum atomic E-state index is 12.5. The first-order valence-corrected chi connectivity index (χ1v) is 6.33. The van der Waals surface area contributed by atoms with Crippen LogP contribution >= 0.6 is 0 Å². The number of likely N-dealkylation sites (tertiary alicyclic amines) is 1. The predicted octanol–water partition coefficient (Wildman–Crippen LogP) is 1.60. The van der Waals surface area contributed by atoms with Crippen molar-refractivity contribution >= 4 is 11.6 Å². The van der Waals surface area contributed by atoms with E-state index in [9.17, 15) is 4.79 Å². The van der Waals surface area contributed by atoms with E-state index < -0.39 is 0 Å². The molecule has 2 aromatic rings. The zero-order valence-corrected chi connectivity index (χ0v) is 10.4. The fourth-order valence-electron chi connectivity index (χ4n) is 2.52. The van der Waals surface area contributed by atoms with Gasteiger partial charge >= 0.3 is 0 Å². The van der Waals surface area contributed by atoms with Crippen LogP contribution < -0.4 is 0 Å². The summed E-state index contributed by atoms with van der Waals surface area (Å²) in [6.45, 7) is 3.87. The average molecular weight is 244 g/mol. The number of aromatic nitrogens is 3. The van der Waals surface area contributed by atoms with Gasteiger partial charge in [0.2, 0.25) is 0 Å². The van der Waals surface area contributed by atoms with Crippen LogP contribution in [0.2, 0.25) is 0 Å². The SMILES string of the molecule is C[C@H]1CCCN(C(=O)c2cnn3cccnc23)C1. The van der Waals surface area contributed by atoms with Gasteiger partial charge in [0, 0.05) is 25.5 Å². The Morgan fingerprint density at radius 3 is 3.22 bits per heavy atom. The first-order chi connectivity index (χ1) is 8.75. The Labute approximate surface area is 105 Å². The Morgan fingerprint density at radius 2 is 2.39 bits per heavy atom. The van der Waals surface area contributed by atoms with Crippen LogP contribution in [0.25, 0.3) is 5.65 Å². The summed E-state index contributed by atoms with van der Waals surface area (Å²) in [4.78, 5) is 18.6. The van der Waals surface area contributed by atoms with Gasteiger partial charge in [0.1, 0.15) is 5.56 Å². The Morgan fingerprint density at radius 1 is 1.50 bits per heavy atom. The van der Waals surface area contributed by atoms with Gasteiger partial charge in [-0.15, -0.1) is 0 Å². The third kappa shape index (κ3) is 1.85. The summed E-state index contributed by atoms with van der Waals surface area (Å²) >= 11 is 0. The zero-order valence-electron chi connectivity index (χ0n) is 10.4. The van der Waals surface area contributed by atoms with Crippen LogP contribution in [0.4, 0.5) is 0 Å². The van der Waals surface area contributed by atoms with Gasteiger partial charge in [-0.3, -0.25) is 4.79 Å². The third-order valence-electron chi connectivity index (χ3n) is 3.45. The second-order valence-electron chi connectivity index (χ2n) is 4.94. The van der Waals surface area contributed by atoms with Gasteiger partial charge in [0.15, 0.2) is 5.65 Å². The summed E-state index contributed by atoms with van der Waals surface area (Å²) in [6.07, 6.45) is 7.39. The first-order valence-electron chi connectivity index (χ1n) is 6.33. The number of hydrogen-bond acceptors (Lipinski definition) is 3. The molecular formula is C13H16N4O. The van der Waals surface area contributed by atoms with E-state index >= 15 is 0 Å². The molecule has 0 aliphatic carbocycles. The molecule has 2 aromatic heterocycles. The lowest BCUT2D eigenvalue weighted by Gasteiger charge is -2.30. The molecular weight excluding hydrogens is 228 g/mol. The van der Waals surface area contributed by atoms with E-state index in [1.807, 2.05) is 4.90 Å². The van der Waals surface area contributed by atoms with Gasteiger partial charge < -0.3 is 4.90 Å². The van der Waals surface area contributed by atoms with E-state index in [1.165, 1.54) is 6.42 Å². The van der Waals surface area contributed by atoms with Crippen molar-refractivity contribution in [3.8, 4) is 0 Å². The number of piperidine rings is 1. The molecule has 0 aromatic carbocycles. The van der Waals surface area contributed by atoms with Gasteiger partial charge in [-0.25, -0.2) is 9.50 Å². The van der Waals surface area contributed by atoms with E-state index in [1.54, 1.807) is 29.2 Å². The maximum absolute atomic E-state index is 12.5. The number of hydrogen-bond donors (Lipinski definition) is 0. The van der Waals surface area contributed by atoms with Crippen molar-refractivity contribution in [2.45, 2.75) is 19.8 Å². The fourth-order valence-corrected chi connectivity index (χ4v) is 2.52. The lowest BCUT2D eigenvalue weighted by molar-refractivity contribution is 0.0685. The van der Waals surface area contributed by atoms with Gasteiger partial charge in [-0.05, 0) is 24.8 Å². The van der Waals surface area contributed by atoms with Gasteiger partial charge in [0.05, 0.1) is 6.20 Å². The fraction of sp³-hybridized carbons (Fsp3) is 0.462. The molecule has 1 aliphatic rings. The van der Waals surface area contributed by atoms with E-state index in [0.717, 1.165) is 19.5 Å². The molecule has 18 heavy (non-hydrogen) atoms. The van der Waals surface area contributed by atoms with Crippen LogP contribution in [-0.2, 0) is 0 Å². The highest BCUT2D eigenvalue weighted by Gasteiger charge is 2.24. The van der Waals surface area contributed by atoms with Crippen LogP contribution in [0.15, 0.2) is 24.7 Å². The van der Waals surface area contributed by atoms with Crippen molar-refractivity contribution in [2.75, 3.05) is 13.1 Å². The summed E-state index contributed by atoms with van der Waals surface area (Å²) in [5, 5.41) is 4.16. The zero-order chi connectivity index (χ0) is 12.5. The minimum absolute atomic E-state index is 0.0512. The summed E-state index contributed by atoms with van der Waals surface area (Å²) in [7, 11) is 0. The molecule has 1 aliphatic heterocycles. The largest absolute Gasteiger partial charge is 0.338 e. The average Bonchev–Trinajstić information content (AvgIpc) is 2.82. The number of carbonyl (C=O) groups excluding carboxylic acids is 1. The molecule has 94 valence electrons. The Bertz CT molecular complexity index is 577. The quantitative estimate of drug-likeness (QED) is 0.765. The highest BCUT2D eigenvalue weighted by molar-refractivity contribution is 5.99. The second-order valence-corrected chi connectivity index (χ2v) is 4.94. The number of nitrogens with zero attached hydrogens (tertiary/aromatic N) is 4. The van der Waals surface area contributed by atoms with Crippen LogP contribution in [0, 0.1) is 5.92 Å². The van der Waals surface area contributed by atoms with E-state index in [4.69, 9.17) is 0 Å². The van der Waals surface area contributed by atoms with Crippen molar-refractivity contribution in [2.24, 2.45) is 5.92 Å². The van der Waals surface area contributed by atoms with Crippen molar-refractivity contribution < 1.29 is 4.79 Å². The Balaban J connectivity index is 1.92. The lowest BCUT2D eigenvalue weighted by atomic mass is 10.00. The summed E-state index contributed by atoms with van der Waals surface area (Å²) < 4.78 is 1.64. The number of carbonyl (C=O) groups is 1. The van der Waals surface area contributed by atoms with Crippen LogP contribution in [0.3, 0.4) is 0 Å². The molecule has 3 rings (SSSR count). The number of fused-ring (bicyclic) bond motifs is 1. The topological polar surface area (TPSA) is 50.5 Å². The van der Waals surface area contributed by atoms with E-state index in [2.05, 4.69) is 17.0 Å². The summed E-state index contributed by atoms with van der Waals surface area (Å²) in [5.74, 6) is 0.632. The first kappa shape index (κ1) is 11.2. The summed E-state index contributed by atoms with van der Waals surface area (Å²) in [5.41, 5.74) is 1.24. The minimum Gasteiger partial charge on any atom is -0.338 e. The smallest absolute Gasteiger partial charge is 0.259 e. The molecule has 0 N–H and O–H groups in total. The van der Waals surface area contributed by atoms with Crippen molar-refractivity contribution in [3.63, 3.8) is 0 Å². The van der Waals surface area contributed by atoms with Crippen molar-refractivity contribution in [1.82, 2.24) is 19.5 Å². The molecule has 0 radical (unpaired) electrons.